The Hall–Kier alpha value is -1.10. The topological polar surface area (TPSA) is 78.4 Å². The molecule has 0 aromatic carbocycles. The molecule has 1 amide bonds. The van der Waals surface area contributed by atoms with Crippen molar-refractivity contribution < 1.29 is 14.7 Å². The fourth-order valence-corrected chi connectivity index (χ4v) is 1.08. The molecule has 0 aliphatic heterocycles. The number of carbonyl (C=O) groups is 2. The molecule has 0 radical (unpaired) electrons. The Labute approximate surface area is 96.6 Å². The predicted octanol–water partition coefficient (Wildman–Crippen LogP) is 0.600. The van der Waals surface area contributed by atoms with E-state index in [9.17, 15) is 9.59 Å². The van der Waals surface area contributed by atoms with Crippen molar-refractivity contribution in [3.8, 4) is 0 Å². The van der Waals surface area contributed by atoms with E-state index in [-0.39, 0.29) is 23.9 Å². The Kier molecular flexibility index (Phi) is 5.44. The van der Waals surface area contributed by atoms with Crippen LogP contribution in [0.25, 0.3) is 0 Å². The number of carboxylic acid groups (broad SMARTS) is 1. The molecule has 5 heteroatoms. The minimum absolute atomic E-state index is 0.125. The van der Waals surface area contributed by atoms with Gasteiger partial charge in [0.25, 0.3) is 0 Å². The first kappa shape index (κ1) is 14.9. The summed E-state index contributed by atoms with van der Waals surface area (Å²) >= 11 is 0. The third kappa shape index (κ3) is 6.40. The lowest BCUT2D eigenvalue weighted by molar-refractivity contribution is -0.143. The Morgan fingerprint density at radius 1 is 1.25 bits per heavy atom. The van der Waals surface area contributed by atoms with E-state index in [0.717, 1.165) is 0 Å². The summed E-state index contributed by atoms with van der Waals surface area (Å²) in [5.41, 5.74) is -0.159. The number of carbonyl (C=O) groups excluding carboxylic acids is 1. The summed E-state index contributed by atoms with van der Waals surface area (Å²) in [6.07, 6.45) is 0. The van der Waals surface area contributed by atoms with Crippen LogP contribution >= 0.6 is 0 Å². The molecule has 5 nitrogen and oxygen atoms in total. The molecule has 1 atom stereocenters. The highest BCUT2D eigenvalue weighted by atomic mass is 16.4. The van der Waals surface area contributed by atoms with Gasteiger partial charge in [0.15, 0.2) is 0 Å². The van der Waals surface area contributed by atoms with E-state index in [1.54, 1.807) is 13.8 Å². The number of aliphatic carboxylic acids is 1. The Balaban J connectivity index is 4.17. The van der Waals surface area contributed by atoms with E-state index in [2.05, 4.69) is 10.6 Å². The van der Waals surface area contributed by atoms with Gasteiger partial charge < -0.3 is 15.7 Å². The molecule has 94 valence electrons. The van der Waals surface area contributed by atoms with Gasteiger partial charge in [-0.1, -0.05) is 13.8 Å². The molecule has 0 rings (SSSR count). The smallest absolute Gasteiger partial charge is 0.326 e. The van der Waals surface area contributed by atoms with Crippen LogP contribution < -0.4 is 10.6 Å². The standard InChI is InChI=1S/C11H22N2O3/c1-7(2)9(10(15)16)13-8(14)6-12-11(3,4)5/h7,9,12H,6H2,1-5H3,(H,13,14)(H,15,16). The molecule has 0 aliphatic carbocycles. The first-order chi connectivity index (χ1) is 7.13. The monoisotopic (exact) mass is 230 g/mol. The summed E-state index contributed by atoms with van der Waals surface area (Å²) in [6.45, 7) is 9.47. The first-order valence-electron chi connectivity index (χ1n) is 5.40. The largest absolute Gasteiger partial charge is 0.480 e. The summed E-state index contributed by atoms with van der Waals surface area (Å²) in [6, 6.07) is -0.825. The zero-order valence-electron chi connectivity index (χ0n) is 10.6. The molecule has 0 heterocycles. The van der Waals surface area contributed by atoms with Gasteiger partial charge in [-0.15, -0.1) is 0 Å². The maximum Gasteiger partial charge on any atom is 0.326 e. The minimum atomic E-state index is -1.00. The lowest BCUT2D eigenvalue weighted by Gasteiger charge is -2.22. The van der Waals surface area contributed by atoms with E-state index >= 15 is 0 Å². The van der Waals surface area contributed by atoms with Crippen LogP contribution in [0.3, 0.4) is 0 Å². The van der Waals surface area contributed by atoms with Crippen LogP contribution in [-0.2, 0) is 9.59 Å². The zero-order valence-corrected chi connectivity index (χ0v) is 10.6. The van der Waals surface area contributed by atoms with Gasteiger partial charge in [-0.2, -0.15) is 0 Å². The van der Waals surface area contributed by atoms with Gasteiger partial charge in [0.05, 0.1) is 6.54 Å². The molecule has 0 spiro atoms. The molecule has 0 aromatic heterocycles. The van der Waals surface area contributed by atoms with Crippen LogP contribution in [0.4, 0.5) is 0 Å². The summed E-state index contributed by atoms with van der Waals surface area (Å²) in [5, 5.41) is 14.4. The quantitative estimate of drug-likeness (QED) is 0.646. The normalized spacial score (nSPS) is 13.6. The number of amides is 1. The molecule has 0 bridgehead atoms. The molecule has 0 aliphatic rings. The van der Waals surface area contributed by atoms with E-state index < -0.39 is 12.0 Å². The van der Waals surface area contributed by atoms with E-state index in [1.807, 2.05) is 20.8 Å². The third-order valence-electron chi connectivity index (χ3n) is 2.03. The van der Waals surface area contributed by atoms with Gasteiger partial charge >= 0.3 is 5.97 Å². The summed E-state index contributed by atoms with van der Waals surface area (Å²) in [5.74, 6) is -1.42. The van der Waals surface area contributed by atoms with Crippen LogP contribution in [0.2, 0.25) is 0 Å². The summed E-state index contributed by atoms with van der Waals surface area (Å²) in [7, 11) is 0. The number of hydrogen-bond acceptors (Lipinski definition) is 3. The van der Waals surface area contributed by atoms with Crippen molar-refractivity contribution in [2.24, 2.45) is 5.92 Å². The fourth-order valence-electron chi connectivity index (χ4n) is 1.08. The van der Waals surface area contributed by atoms with Gasteiger partial charge in [0, 0.05) is 5.54 Å². The second kappa shape index (κ2) is 5.84. The molecule has 16 heavy (non-hydrogen) atoms. The van der Waals surface area contributed by atoms with Crippen molar-refractivity contribution >= 4 is 11.9 Å². The number of hydrogen-bond donors (Lipinski definition) is 3. The van der Waals surface area contributed by atoms with Gasteiger partial charge in [-0.05, 0) is 26.7 Å². The fraction of sp³-hybridized carbons (Fsp3) is 0.818. The highest BCUT2D eigenvalue weighted by molar-refractivity contribution is 5.84. The molecule has 3 N–H and O–H groups in total. The van der Waals surface area contributed by atoms with Gasteiger partial charge in [-0.3, -0.25) is 4.79 Å². The Bertz CT molecular complexity index is 256. The Morgan fingerprint density at radius 2 is 1.75 bits per heavy atom. The average molecular weight is 230 g/mol. The molecule has 0 saturated heterocycles. The van der Waals surface area contributed by atoms with Crippen LogP contribution in [0.5, 0.6) is 0 Å². The van der Waals surface area contributed by atoms with Crippen molar-refractivity contribution in [2.75, 3.05) is 6.54 Å². The average Bonchev–Trinajstić information content (AvgIpc) is 2.08. The lowest BCUT2D eigenvalue weighted by atomic mass is 10.0. The van der Waals surface area contributed by atoms with Crippen molar-refractivity contribution in [3.63, 3.8) is 0 Å². The molecule has 0 aromatic rings. The minimum Gasteiger partial charge on any atom is -0.480 e. The SMILES string of the molecule is CC(C)C(NC(=O)CNC(C)(C)C)C(=O)O. The highest BCUT2D eigenvalue weighted by Crippen LogP contribution is 2.02. The number of carboxylic acids is 1. The molecular formula is C11H22N2O3. The highest BCUT2D eigenvalue weighted by Gasteiger charge is 2.23. The molecule has 1 unspecified atom stereocenters. The second-order valence-corrected chi connectivity index (χ2v) is 5.23. The van der Waals surface area contributed by atoms with Crippen molar-refractivity contribution in [1.82, 2.24) is 10.6 Å². The van der Waals surface area contributed by atoms with Crippen LogP contribution in [0.15, 0.2) is 0 Å². The van der Waals surface area contributed by atoms with Crippen molar-refractivity contribution in [3.05, 3.63) is 0 Å². The molecular weight excluding hydrogens is 208 g/mol. The predicted molar refractivity (Wildman–Crippen MR) is 62.2 cm³/mol. The van der Waals surface area contributed by atoms with Gasteiger partial charge in [-0.25, -0.2) is 4.79 Å². The van der Waals surface area contributed by atoms with Gasteiger partial charge in [0.2, 0.25) is 5.91 Å². The van der Waals surface area contributed by atoms with Crippen LogP contribution in [0, 0.1) is 5.92 Å². The lowest BCUT2D eigenvalue weighted by Crippen LogP contribution is -2.49. The third-order valence-corrected chi connectivity index (χ3v) is 2.03. The molecule has 0 saturated carbocycles. The number of nitrogens with one attached hydrogen (secondary N) is 2. The van der Waals surface area contributed by atoms with E-state index in [1.165, 1.54) is 0 Å². The van der Waals surface area contributed by atoms with Gasteiger partial charge in [0.1, 0.15) is 6.04 Å². The molecule has 0 fully saturated rings. The maximum absolute atomic E-state index is 11.5. The maximum atomic E-state index is 11.5. The summed E-state index contributed by atoms with van der Waals surface area (Å²) < 4.78 is 0. The number of rotatable bonds is 5. The van der Waals surface area contributed by atoms with E-state index in [0.29, 0.717) is 0 Å². The van der Waals surface area contributed by atoms with Crippen molar-refractivity contribution in [2.45, 2.75) is 46.2 Å². The van der Waals surface area contributed by atoms with Crippen molar-refractivity contribution in [1.29, 1.82) is 0 Å². The van der Waals surface area contributed by atoms with Crippen LogP contribution in [-0.4, -0.2) is 35.1 Å². The summed E-state index contributed by atoms with van der Waals surface area (Å²) in [4.78, 5) is 22.3. The first-order valence-corrected chi connectivity index (χ1v) is 5.40. The second-order valence-electron chi connectivity index (χ2n) is 5.23. The zero-order chi connectivity index (χ0) is 12.9. The van der Waals surface area contributed by atoms with Crippen LogP contribution in [0.1, 0.15) is 34.6 Å². The van der Waals surface area contributed by atoms with E-state index in [4.69, 9.17) is 5.11 Å². The Morgan fingerprint density at radius 3 is 2.06 bits per heavy atom.